The van der Waals surface area contributed by atoms with Gasteiger partial charge in [-0.1, -0.05) is 17.3 Å². The van der Waals surface area contributed by atoms with Crippen molar-refractivity contribution in [3.63, 3.8) is 0 Å². The number of halogens is 3. The predicted octanol–water partition coefficient (Wildman–Crippen LogP) is 3.24. The number of nitrogens with zero attached hydrogens (tertiary/aromatic N) is 2. The van der Waals surface area contributed by atoms with E-state index in [1.807, 2.05) is 0 Å². The van der Waals surface area contributed by atoms with Gasteiger partial charge in [0.25, 0.3) is 0 Å². The van der Waals surface area contributed by atoms with Crippen LogP contribution in [0.15, 0.2) is 22.7 Å². The fourth-order valence-electron chi connectivity index (χ4n) is 1.35. The molecule has 0 aliphatic rings. The van der Waals surface area contributed by atoms with Crippen LogP contribution in [-0.4, -0.2) is 10.1 Å². The smallest absolute Gasteiger partial charge is 0.231 e. The van der Waals surface area contributed by atoms with Gasteiger partial charge >= 0.3 is 0 Å². The van der Waals surface area contributed by atoms with Crippen molar-refractivity contribution in [2.45, 2.75) is 18.7 Å². The van der Waals surface area contributed by atoms with Gasteiger partial charge in [-0.3, -0.25) is 0 Å². The summed E-state index contributed by atoms with van der Waals surface area (Å²) in [6, 6.07) is 3.94. The highest BCUT2D eigenvalue weighted by Crippen LogP contribution is 2.18. The Morgan fingerprint density at radius 3 is 2.82 bits per heavy atom. The molecule has 0 bridgehead atoms. The number of alkyl halides is 1. The van der Waals surface area contributed by atoms with Crippen LogP contribution in [0.25, 0.3) is 0 Å². The highest BCUT2D eigenvalue weighted by molar-refractivity contribution is 6.20. The first-order valence-electron chi connectivity index (χ1n) is 4.97. The monoisotopic (exact) mass is 258 g/mol. The van der Waals surface area contributed by atoms with Crippen LogP contribution in [0.2, 0.25) is 0 Å². The van der Waals surface area contributed by atoms with Gasteiger partial charge in [0.2, 0.25) is 5.89 Å². The minimum Gasteiger partial charge on any atom is -0.339 e. The average molecular weight is 259 g/mol. The molecule has 0 fully saturated rings. The fraction of sp³-hybridized carbons (Fsp3) is 0.273. The second-order valence-corrected chi connectivity index (χ2v) is 4.21. The van der Waals surface area contributed by atoms with Crippen molar-refractivity contribution in [3.8, 4) is 0 Å². The lowest BCUT2D eigenvalue weighted by Crippen LogP contribution is -1.96. The quantitative estimate of drug-likeness (QED) is 0.794. The Bertz CT molecular complexity index is 528. The molecule has 3 nitrogen and oxygen atoms in total. The summed E-state index contributed by atoms with van der Waals surface area (Å²) < 4.78 is 31.2. The van der Waals surface area contributed by atoms with E-state index in [4.69, 9.17) is 16.1 Å². The Morgan fingerprint density at radius 2 is 2.18 bits per heavy atom. The lowest BCUT2D eigenvalue weighted by atomic mass is 10.1. The molecule has 1 aromatic carbocycles. The van der Waals surface area contributed by atoms with Crippen molar-refractivity contribution in [3.05, 3.63) is 47.1 Å². The normalized spacial score (nSPS) is 12.7. The maximum absolute atomic E-state index is 13.4. The summed E-state index contributed by atoms with van der Waals surface area (Å²) in [6.45, 7) is 1.69. The van der Waals surface area contributed by atoms with Crippen molar-refractivity contribution < 1.29 is 13.3 Å². The Labute approximate surface area is 101 Å². The van der Waals surface area contributed by atoms with Gasteiger partial charge in [-0.05, 0) is 13.0 Å². The summed E-state index contributed by atoms with van der Waals surface area (Å²) in [5, 5.41) is 3.25. The van der Waals surface area contributed by atoms with Gasteiger partial charge in [-0.25, -0.2) is 8.78 Å². The zero-order valence-corrected chi connectivity index (χ0v) is 9.71. The van der Waals surface area contributed by atoms with E-state index >= 15 is 0 Å². The zero-order chi connectivity index (χ0) is 12.4. The summed E-state index contributed by atoms with van der Waals surface area (Å²) >= 11 is 5.76. The molecular formula is C11H9ClF2N2O. The van der Waals surface area contributed by atoms with Gasteiger partial charge in [0.05, 0.1) is 11.8 Å². The van der Waals surface area contributed by atoms with E-state index in [-0.39, 0.29) is 23.3 Å². The maximum atomic E-state index is 13.4. The van der Waals surface area contributed by atoms with Crippen LogP contribution in [0.1, 0.15) is 29.6 Å². The molecule has 2 aromatic rings. The third-order valence-electron chi connectivity index (χ3n) is 2.21. The third kappa shape index (κ3) is 2.61. The Kier molecular flexibility index (Phi) is 3.38. The first-order chi connectivity index (χ1) is 8.08. The molecule has 1 atom stereocenters. The van der Waals surface area contributed by atoms with Crippen molar-refractivity contribution >= 4 is 11.6 Å². The van der Waals surface area contributed by atoms with Crippen LogP contribution in [0.3, 0.4) is 0 Å². The highest BCUT2D eigenvalue weighted by atomic mass is 35.5. The number of hydrogen-bond acceptors (Lipinski definition) is 3. The molecule has 0 saturated carbocycles. The SMILES string of the molecule is CC(Cl)c1noc(Cc2cccc(F)c2F)n1. The summed E-state index contributed by atoms with van der Waals surface area (Å²) in [4.78, 5) is 3.98. The number of rotatable bonds is 3. The molecule has 6 heteroatoms. The Hall–Kier alpha value is -1.49. The molecule has 17 heavy (non-hydrogen) atoms. The van der Waals surface area contributed by atoms with Crippen LogP contribution in [0, 0.1) is 11.6 Å². The topological polar surface area (TPSA) is 38.9 Å². The van der Waals surface area contributed by atoms with E-state index in [9.17, 15) is 8.78 Å². The molecule has 0 aliphatic carbocycles. The van der Waals surface area contributed by atoms with E-state index in [0.717, 1.165) is 6.07 Å². The molecule has 1 aromatic heterocycles. The van der Waals surface area contributed by atoms with Gasteiger partial charge in [-0.2, -0.15) is 4.98 Å². The van der Waals surface area contributed by atoms with Crippen molar-refractivity contribution in [1.29, 1.82) is 0 Å². The predicted molar refractivity (Wildman–Crippen MR) is 57.7 cm³/mol. The van der Waals surface area contributed by atoms with Crippen molar-refractivity contribution in [1.82, 2.24) is 10.1 Å². The lowest BCUT2D eigenvalue weighted by Gasteiger charge is -1.99. The molecule has 1 unspecified atom stereocenters. The Morgan fingerprint density at radius 1 is 1.41 bits per heavy atom. The van der Waals surface area contributed by atoms with Gasteiger partial charge < -0.3 is 4.52 Å². The van der Waals surface area contributed by atoms with Crippen LogP contribution in [-0.2, 0) is 6.42 Å². The van der Waals surface area contributed by atoms with Crippen LogP contribution in [0.4, 0.5) is 8.78 Å². The van der Waals surface area contributed by atoms with Crippen LogP contribution < -0.4 is 0 Å². The Balaban J connectivity index is 2.22. The third-order valence-corrected chi connectivity index (χ3v) is 2.41. The zero-order valence-electron chi connectivity index (χ0n) is 8.95. The van der Waals surface area contributed by atoms with E-state index in [1.165, 1.54) is 12.1 Å². The number of benzene rings is 1. The van der Waals surface area contributed by atoms with Crippen LogP contribution >= 0.6 is 11.6 Å². The standard InChI is InChI=1S/C11H9ClF2N2O/c1-6(12)11-15-9(17-16-11)5-7-3-2-4-8(13)10(7)14/h2-4,6H,5H2,1H3. The van der Waals surface area contributed by atoms with Crippen molar-refractivity contribution in [2.75, 3.05) is 0 Å². The summed E-state index contributed by atoms with van der Waals surface area (Å²) in [6.07, 6.45) is 0.0419. The molecule has 0 aliphatic heterocycles. The second-order valence-electron chi connectivity index (χ2n) is 3.55. The van der Waals surface area contributed by atoms with Gasteiger partial charge in [0, 0.05) is 5.56 Å². The molecule has 0 saturated heterocycles. The first kappa shape index (κ1) is 12.0. The summed E-state index contributed by atoms with van der Waals surface area (Å²) in [5.74, 6) is -1.25. The number of hydrogen-bond donors (Lipinski definition) is 0. The maximum Gasteiger partial charge on any atom is 0.231 e. The molecule has 0 N–H and O–H groups in total. The molecule has 1 heterocycles. The van der Waals surface area contributed by atoms with E-state index < -0.39 is 11.6 Å². The van der Waals surface area contributed by atoms with Crippen LogP contribution in [0.5, 0.6) is 0 Å². The molecule has 0 radical (unpaired) electrons. The van der Waals surface area contributed by atoms with E-state index in [2.05, 4.69) is 10.1 Å². The van der Waals surface area contributed by atoms with E-state index in [0.29, 0.717) is 5.82 Å². The summed E-state index contributed by atoms with van der Waals surface area (Å²) in [5.41, 5.74) is 0.169. The highest BCUT2D eigenvalue weighted by Gasteiger charge is 2.14. The first-order valence-corrected chi connectivity index (χ1v) is 5.41. The van der Waals surface area contributed by atoms with Crippen molar-refractivity contribution in [2.24, 2.45) is 0 Å². The molecule has 90 valence electrons. The largest absolute Gasteiger partial charge is 0.339 e. The van der Waals surface area contributed by atoms with Gasteiger partial charge in [0.15, 0.2) is 17.5 Å². The molecule has 2 rings (SSSR count). The lowest BCUT2D eigenvalue weighted by molar-refractivity contribution is 0.377. The molecule has 0 spiro atoms. The van der Waals surface area contributed by atoms with Gasteiger partial charge in [0.1, 0.15) is 0 Å². The minimum atomic E-state index is -0.897. The van der Waals surface area contributed by atoms with E-state index in [1.54, 1.807) is 6.92 Å². The average Bonchev–Trinajstić information content (AvgIpc) is 2.73. The molecule has 0 amide bonds. The fourth-order valence-corrected chi connectivity index (χ4v) is 1.44. The second kappa shape index (κ2) is 4.79. The number of aromatic nitrogens is 2. The molecular weight excluding hydrogens is 250 g/mol. The summed E-state index contributed by atoms with van der Waals surface area (Å²) in [7, 11) is 0. The van der Waals surface area contributed by atoms with Gasteiger partial charge in [-0.15, -0.1) is 11.6 Å². The minimum absolute atomic E-state index is 0.0419.